The predicted octanol–water partition coefficient (Wildman–Crippen LogP) is 0.194. The third-order valence-electron chi connectivity index (χ3n) is 1.39. The van der Waals surface area contributed by atoms with E-state index >= 15 is 0 Å². The highest BCUT2D eigenvalue weighted by Gasteiger charge is 2.13. The zero-order valence-electron chi connectivity index (χ0n) is 7.04. The van der Waals surface area contributed by atoms with E-state index in [0.717, 1.165) is 19.3 Å². The second-order valence-electron chi connectivity index (χ2n) is 2.57. The molecule has 0 aromatic carbocycles. The fourth-order valence-electron chi connectivity index (χ4n) is 0.427. The molecule has 1 fully saturated rings. The van der Waals surface area contributed by atoms with Gasteiger partial charge in [0, 0.05) is 5.57 Å². The Morgan fingerprint density at radius 3 is 2.17 bits per heavy atom. The second kappa shape index (κ2) is 5.49. The van der Waals surface area contributed by atoms with Crippen LogP contribution in [0.3, 0.4) is 0 Å². The minimum Gasteiger partial charge on any atom is -0.478 e. The lowest BCUT2D eigenvalue weighted by molar-refractivity contribution is -0.132. The lowest BCUT2D eigenvalue weighted by Gasteiger charge is -2.20. The summed E-state index contributed by atoms with van der Waals surface area (Å²) in [7, 11) is 0. The van der Waals surface area contributed by atoms with Crippen molar-refractivity contribution in [2.45, 2.75) is 19.4 Å². The number of hydrogen-bond donors (Lipinski definition) is 2. The fourth-order valence-corrected chi connectivity index (χ4v) is 0.427. The Bertz CT molecular complexity index is 173. The number of rotatable bonds is 2. The summed E-state index contributed by atoms with van der Waals surface area (Å²) in [5.74, 6) is -0.935. The summed E-state index contributed by atoms with van der Waals surface area (Å²) in [6.07, 6.45) is 1.98. The lowest BCUT2D eigenvalue weighted by atomic mass is 10.1. The molecule has 2 N–H and O–H groups in total. The third-order valence-corrected chi connectivity index (χ3v) is 1.39. The van der Waals surface area contributed by atoms with Crippen LogP contribution >= 0.6 is 0 Å². The molecule has 12 heavy (non-hydrogen) atoms. The molecule has 1 aliphatic rings. The van der Waals surface area contributed by atoms with Gasteiger partial charge in [0.05, 0.1) is 6.04 Å². The number of hydrogen-bond acceptors (Lipinski definition) is 3. The van der Waals surface area contributed by atoms with E-state index in [9.17, 15) is 9.59 Å². The average molecular weight is 171 g/mol. The van der Waals surface area contributed by atoms with Gasteiger partial charge < -0.3 is 15.2 Å². The Morgan fingerprint density at radius 1 is 1.75 bits per heavy atom. The quantitative estimate of drug-likeness (QED) is 0.460. The minimum absolute atomic E-state index is 0.176. The van der Waals surface area contributed by atoms with Crippen molar-refractivity contribution in [3.05, 3.63) is 12.2 Å². The monoisotopic (exact) mass is 171 g/mol. The first-order valence-electron chi connectivity index (χ1n) is 3.65. The largest absolute Gasteiger partial charge is 0.478 e. The molecule has 68 valence electrons. The maximum Gasteiger partial charge on any atom is 0.330 e. The number of carboxylic acids is 1. The van der Waals surface area contributed by atoms with Crippen LogP contribution in [0, 0.1) is 0 Å². The van der Waals surface area contributed by atoms with Gasteiger partial charge in [-0.2, -0.15) is 0 Å². The number of aliphatic carboxylic acids is 1. The van der Waals surface area contributed by atoms with Gasteiger partial charge in [0.2, 0.25) is 0 Å². The maximum absolute atomic E-state index is 9.72. The van der Waals surface area contributed by atoms with Crippen molar-refractivity contribution in [2.75, 3.05) is 6.54 Å². The number of carbonyl (C=O) groups excluding carboxylic acids is 1. The molecule has 0 aliphatic carbocycles. The Morgan fingerprint density at radius 2 is 2.17 bits per heavy atom. The maximum atomic E-state index is 9.72. The summed E-state index contributed by atoms with van der Waals surface area (Å²) in [6.45, 7) is 5.62. The average Bonchev–Trinajstić information content (AvgIpc) is 1.86. The number of carboxylic acid groups (broad SMARTS) is 1. The predicted molar refractivity (Wildman–Crippen MR) is 44.9 cm³/mol. The molecule has 1 atom stereocenters. The van der Waals surface area contributed by atoms with E-state index < -0.39 is 5.97 Å². The van der Waals surface area contributed by atoms with E-state index in [-0.39, 0.29) is 11.6 Å². The summed E-state index contributed by atoms with van der Waals surface area (Å²) in [6, 6.07) is 0.185. The number of carbonyl (C=O) groups is 2. The highest BCUT2D eigenvalue weighted by molar-refractivity contribution is 5.84. The normalized spacial score (nSPS) is 19.6. The van der Waals surface area contributed by atoms with Gasteiger partial charge in [0.25, 0.3) is 0 Å². The first kappa shape index (κ1) is 10.8. The van der Waals surface area contributed by atoms with Crippen LogP contribution in [0.1, 0.15) is 13.3 Å². The van der Waals surface area contributed by atoms with Gasteiger partial charge in [-0.3, -0.25) is 0 Å². The molecule has 1 saturated heterocycles. The van der Waals surface area contributed by atoms with Gasteiger partial charge in [-0.05, 0) is 19.9 Å². The summed E-state index contributed by atoms with van der Waals surface area (Å²) in [5, 5.41) is 10.8. The van der Waals surface area contributed by atoms with Gasteiger partial charge in [-0.15, -0.1) is 0 Å². The van der Waals surface area contributed by atoms with Crippen LogP contribution in [0.25, 0.3) is 0 Å². The molecule has 0 amide bonds. The molecule has 0 aromatic heterocycles. The molecule has 4 heteroatoms. The smallest absolute Gasteiger partial charge is 0.330 e. The fraction of sp³-hybridized carbons (Fsp3) is 0.500. The van der Waals surface area contributed by atoms with Gasteiger partial charge in [0.1, 0.15) is 6.29 Å². The molecule has 1 rings (SSSR count). The van der Waals surface area contributed by atoms with Crippen LogP contribution in [0.4, 0.5) is 0 Å². The molecule has 0 radical (unpaired) electrons. The van der Waals surface area contributed by atoms with Crippen molar-refractivity contribution in [1.82, 2.24) is 5.32 Å². The topological polar surface area (TPSA) is 66.4 Å². The Hall–Kier alpha value is -1.16. The molecule has 0 bridgehead atoms. The van der Waals surface area contributed by atoms with E-state index in [0.29, 0.717) is 0 Å². The molecule has 0 unspecified atom stereocenters. The highest BCUT2D eigenvalue weighted by atomic mass is 16.4. The van der Waals surface area contributed by atoms with Gasteiger partial charge >= 0.3 is 5.97 Å². The summed E-state index contributed by atoms with van der Waals surface area (Å²) < 4.78 is 0. The van der Waals surface area contributed by atoms with Crippen LogP contribution in [0.15, 0.2) is 12.2 Å². The van der Waals surface area contributed by atoms with Crippen LogP contribution in [-0.4, -0.2) is 29.9 Å². The summed E-state index contributed by atoms with van der Waals surface area (Å²) in [5.41, 5.74) is 0.176. The van der Waals surface area contributed by atoms with Gasteiger partial charge in [0.15, 0.2) is 0 Å². The standard InChI is InChI=1S/C4H7NO.C4H6O2/c6-3-4-1-2-5-4;1-3(2)4(5)6/h3-5H,1-2H2;1H2,2H3,(H,5,6)/t4-;/m0./s1. The number of nitrogens with one attached hydrogen (secondary N) is 1. The van der Waals surface area contributed by atoms with E-state index in [1.54, 1.807) is 0 Å². The van der Waals surface area contributed by atoms with E-state index in [1.165, 1.54) is 6.92 Å². The van der Waals surface area contributed by atoms with Crippen molar-refractivity contribution in [3.8, 4) is 0 Å². The molecule has 0 saturated carbocycles. The second-order valence-corrected chi connectivity index (χ2v) is 2.57. The highest BCUT2D eigenvalue weighted by Crippen LogP contribution is 1.95. The summed E-state index contributed by atoms with van der Waals surface area (Å²) >= 11 is 0. The van der Waals surface area contributed by atoms with Gasteiger partial charge in [-0.25, -0.2) is 4.79 Å². The molecule has 1 aliphatic heterocycles. The Kier molecular flexibility index (Phi) is 4.96. The van der Waals surface area contributed by atoms with Crippen molar-refractivity contribution >= 4 is 12.3 Å². The molecule has 0 spiro atoms. The minimum atomic E-state index is -0.935. The molecule has 0 aromatic rings. The number of aldehydes is 1. The first-order chi connectivity index (χ1) is 5.57. The Labute approximate surface area is 71.3 Å². The lowest BCUT2D eigenvalue weighted by Crippen LogP contribution is -2.43. The van der Waals surface area contributed by atoms with Crippen molar-refractivity contribution < 1.29 is 14.7 Å². The van der Waals surface area contributed by atoms with Crippen LogP contribution < -0.4 is 5.32 Å². The van der Waals surface area contributed by atoms with Crippen LogP contribution in [0.5, 0.6) is 0 Å². The zero-order chi connectivity index (χ0) is 9.56. The van der Waals surface area contributed by atoms with E-state index in [2.05, 4.69) is 11.9 Å². The summed E-state index contributed by atoms with van der Waals surface area (Å²) in [4.78, 5) is 19.3. The molecule has 4 nitrogen and oxygen atoms in total. The van der Waals surface area contributed by atoms with Crippen molar-refractivity contribution in [1.29, 1.82) is 0 Å². The van der Waals surface area contributed by atoms with E-state index in [4.69, 9.17) is 5.11 Å². The molecular formula is C8H13NO3. The first-order valence-corrected chi connectivity index (χ1v) is 3.65. The van der Waals surface area contributed by atoms with Crippen LogP contribution in [0.2, 0.25) is 0 Å². The van der Waals surface area contributed by atoms with Gasteiger partial charge in [-0.1, -0.05) is 6.58 Å². The molecular weight excluding hydrogens is 158 g/mol. The third kappa shape index (κ3) is 4.62. The Balaban J connectivity index is 0.000000202. The van der Waals surface area contributed by atoms with Crippen LogP contribution in [-0.2, 0) is 9.59 Å². The molecule has 1 heterocycles. The zero-order valence-corrected chi connectivity index (χ0v) is 7.04. The van der Waals surface area contributed by atoms with E-state index in [1.807, 2.05) is 0 Å². The van der Waals surface area contributed by atoms with Crippen molar-refractivity contribution in [3.63, 3.8) is 0 Å². The SMILES string of the molecule is C=C(C)C(=O)O.O=C[C@@H]1CCN1. The van der Waals surface area contributed by atoms with Crippen molar-refractivity contribution in [2.24, 2.45) is 0 Å².